The molecule has 1 aliphatic heterocycles. The number of hydrogen-bond donors (Lipinski definition) is 2. The molecular weight excluding hydrogens is 457 g/mol. The molecule has 3 N–H and O–H groups in total. The molecule has 1 amide bonds. The molecule has 2 heterocycles. The molecule has 1 aliphatic rings. The molecule has 0 spiro atoms. The Kier molecular flexibility index (Phi) is 5.42. The molecule has 6 nitrogen and oxygen atoms in total. The number of anilines is 1. The van der Waals surface area contributed by atoms with Crippen molar-refractivity contribution in [1.82, 2.24) is 14.8 Å². The summed E-state index contributed by atoms with van der Waals surface area (Å²) < 4.78 is 16.4. The molecule has 29 heavy (non-hydrogen) atoms. The second-order valence-electron chi connectivity index (χ2n) is 6.53. The number of nitrogens with two attached hydrogens (primary N) is 1. The minimum Gasteiger partial charge on any atom is -0.366 e. The number of allylic oxidation sites excluding steroid dienone is 1. The van der Waals surface area contributed by atoms with Crippen molar-refractivity contribution in [3.63, 3.8) is 0 Å². The molecule has 148 valence electrons. The summed E-state index contributed by atoms with van der Waals surface area (Å²) in [6.07, 6.45) is 0. The largest absolute Gasteiger partial charge is 0.366 e. The van der Waals surface area contributed by atoms with E-state index in [2.05, 4.69) is 31.3 Å². The van der Waals surface area contributed by atoms with E-state index in [1.807, 2.05) is 24.3 Å². The van der Waals surface area contributed by atoms with Crippen LogP contribution in [-0.4, -0.2) is 20.7 Å². The monoisotopic (exact) mass is 473 g/mol. The maximum absolute atomic E-state index is 13.9. The van der Waals surface area contributed by atoms with Crippen molar-refractivity contribution in [2.75, 3.05) is 5.32 Å². The third kappa shape index (κ3) is 3.92. The Labute approximate surface area is 179 Å². The molecular formula is C20H17BrFN5OS. The summed E-state index contributed by atoms with van der Waals surface area (Å²) in [7, 11) is 0. The fourth-order valence-corrected chi connectivity index (χ4v) is 4.49. The van der Waals surface area contributed by atoms with Gasteiger partial charge >= 0.3 is 0 Å². The highest BCUT2D eigenvalue weighted by molar-refractivity contribution is 9.10. The molecule has 3 aromatic rings. The van der Waals surface area contributed by atoms with E-state index in [-0.39, 0.29) is 5.82 Å². The first-order valence-electron chi connectivity index (χ1n) is 8.80. The van der Waals surface area contributed by atoms with Crippen LogP contribution in [0.1, 0.15) is 24.1 Å². The van der Waals surface area contributed by atoms with E-state index in [0.717, 1.165) is 10.0 Å². The molecule has 1 aromatic heterocycles. The maximum atomic E-state index is 13.9. The SMILES string of the molecule is CC1=C(C(N)=O)[C@H](c2cccc(Br)c2)n2nc(SCc3ccccc3F)nc2N1. The molecule has 0 unspecified atom stereocenters. The fourth-order valence-electron chi connectivity index (χ4n) is 3.25. The van der Waals surface area contributed by atoms with E-state index < -0.39 is 11.9 Å². The van der Waals surface area contributed by atoms with Crippen LogP contribution in [0.15, 0.2) is 69.4 Å². The van der Waals surface area contributed by atoms with Crippen LogP contribution >= 0.6 is 27.7 Å². The van der Waals surface area contributed by atoms with Gasteiger partial charge in [-0.1, -0.05) is 58.0 Å². The lowest BCUT2D eigenvalue weighted by Gasteiger charge is -2.27. The number of thioether (sulfide) groups is 1. The van der Waals surface area contributed by atoms with E-state index in [4.69, 9.17) is 5.73 Å². The Hall–Kier alpha value is -2.65. The second-order valence-corrected chi connectivity index (χ2v) is 8.39. The third-order valence-electron chi connectivity index (χ3n) is 4.58. The van der Waals surface area contributed by atoms with E-state index in [1.54, 1.807) is 29.8 Å². The second kappa shape index (κ2) is 8.00. The van der Waals surface area contributed by atoms with Gasteiger partial charge in [-0.25, -0.2) is 9.07 Å². The molecule has 9 heteroatoms. The van der Waals surface area contributed by atoms with Gasteiger partial charge in [0.15, 0.2) is 0 Å². The van der Waals surface area contributed by atoms with Crippen LogP contribution in [-0.2, 0) is 10.5 Å². The van der Waals surface area contributed by atoms with Crippen molar-refractivity contribution < 1.29 is 9.18 Å². The lowest BCUT2D eigenvalue weighted by molar-refractivity contribution is -0.115. The number of carbonyl (C=O) groups is 1. The molecule has 0 saturated carbocycles. The van der Waals surface area contributed by atoms with Gasteiger partial charge < -0.3 is 11.1 Å². The minimum atomic E-state index is -0.526. The number of halogens is 2. The van der Waals surface area contributed by atoms with Crippen LogP contribution in [0, 0.1) is 5.82 Å². The molecule has 0 aliphatic carbocycles. The van der Waals surface area contributed by atoms with Gasteiger partial charge in [0.2, 0.25) is 17.0 Å². The Bertz CT molecular complexity index is 1130. The zero-order valence-corrected chi connectivity index (χ0v) is 17.8. The van der Waals surface area contributed by atoms with Crippen LogP contribution in [0.25, 0.3) is 0 Å². The molecule has 0 saturated heterocycles. The average molecular weight is 474 g/mol. The number of aromatic nitrogens is 3. The van der Waals surface area contributed by atoms with E-state index in [9.17, 15) is 9.18 Å². The van der Waals surface area contributed by atoms with Gasteiger partial charge in [-0.05, 0) is 36.2 Å². The molecule has 4 rings (SSSR count). The van der Waals surface area contributed by atoms with Crippen molar-refractivity contribution in [3.8, 4) is 0 Å². The topological polar surface area (TPSA) is 85.8 Å². The predicted molar refractivity (Wildman–Crippen MR) is 114 cm³/mol. The fraction of sp³-hybridized carbons (Fsp3) is 0.150. The minimum absolute atomic E-state index is 0.261. The maximum Gasteiger partial charge on any atom is 0.248 e. The summed E-state index contributed by atoms with van der Waals surface area (Å²) in [5, 5.41) is 8.16. The predicted octanol–water partition coefficient (Wildman–Crippen LogP) is 4.25. The lowest BCUT2D eigenvalue weighted by atomic mass is 9.95. The smallest absolute Gasteiger partial charge is 0.248 e. The zero-order valence-electron chi connectivity index (χ0n) is 15.4. The van der Waals surface area contributed by atoms with Crippen molar-refractivity contribution in [1.29, 1.82) is 0 Å². The summed E-state index contributed by atoms with van der Waals surface area (Å²) in [6, 6.07) is 13.7. The van der Waals surface area contributed by atoms with Crippen LogP contribution < -0.4 is 11.1 Å². The molecule has 0 bridgehead atoms. The van der Waals surface area contributed by atoms with Gasteiger partial charge in [0.1, 0.15) is 11.9 Å². The number of rotatable bonds is 5. The number of carbonyl (C=O) groups excluding carboxylic acids is 1. The van der Waals surface area contributed by atoms with Crippen LogP contribution in [0.3, 0.4) is 0 Å². The normalized spacial score (nSPS) is 15.8. The quantitative estimate of drug-likeness (QED) is 0.541. The number of fused-ring (bicyclic) bond motifs is 1. The number of primary amides is 1. The highest BCUT2D eigenvalue weighted by Gasteiger charge is 2.33. The number of nitrogens with zero attached hydrogens (tertiary/aromatic N) is 3. The third-order valence-corrected chi connectivity index (χ3v) is 5.96. The first kappa shape index (κ1) is 19.7. The van der Waals surface area contributed by atoms with E-state index in [1.165, 1.54) is 17.8 Å². The summed E-state index contributed by atoms with van der Waals surface area (Å²) in [6.45, 7) is 1.79. The van der Waals surface area contributed by atoms with E-state index in [0.29, 0.717) is 33.7 Å². The summed E-state index contributed by atoms with van der Waals surface area (Å²) in [5.74, 6) is 0.116. The lowest BCUT2D eigenvalue weighted by Crippen LogP contribution is -2.31. The van der Waals surface area contributed by atoms with Crippen molar-refractivity contribution in [2.45, 2.75) is 23.9 Å². The van der Waals surface area contributed by atoms with Crippen LogP contribution in [0.5, 0.6) is 0 Å². The summed E-state index contributed by atoms with van der Waals surface area (Å²) in [4.78, 5) is 16.7. The Morgan fingerprint density at radius 2 is 2.10 bits per heavy atom. The number of amides is 1. The van der Waals surface area contributed by atoms with Gasteiger partial charge in [0.05, 0.1) is 5.57 Å². The van der Waals surface area contributed by atoms with Crippen molar-refractivity contribution >= 4 is 39.5 Å². The summed E-state index contributed by atoms with van der Waals surface area (Å²) in [5.41, 5.74) is 8.17. The molecule has 0 radical (unpaired) electrons. The zero-order chi connectivity index (χ0) is 20.5. The first-order valence-corrected chi connectivity index (χ1v) is 10.6. The van der Waals surface area contributed by atoms with Gasteiger partial charge in [0.25, 0.3) is 0 Å². The Balaban J connectivity index is 1.70. The number of hydrogen-bond acceptors (Lipinski definition) is 5. The molecule has 0 fully saturated rings. The van der Waals surface area contributed by atoms with E-state index >= 15 is 0 Å². The highest BCUT2D eigenvalue weighted by atomic mass is 79.9. The molecule has 1 atom stereocenters. The van der Waals surface area contributed by atoms with Gasteiger partial charge in [0, 0.05) is 15.9 Å². The van der Waals surface area contributed by atoms with Crippen molar-refractivity contribution in [2.24, 2.45) is 5.73 Å². The Morgan fingerprint density at radius 3 is 2.83 bits per heavy atom. The molecule has 2 aromatic carbocycles. The van der Waals surface area contributed by atoms with Crippen LogP contribution in [0.4, 0.5) is 10.3 Å². The first-order chi connectivity index (χ1) is 13.9. The van der Waals surface area contributed by atoms with Crippen LogP contribution in [0.2, 0.25) is 0 Å². The standard InChI is InChI=1S/C20H17BrFN5OS/c1-11-16(18(23)28)17(12-6-4-7-14(21)9-12)27-19(24-11)25-20(26-27)29-10-13-5-2-3-8-15(13)22/h2-9,17H,10H2,1H3,(H2,23,28)(H,24,25,26)/t17-/m0/s1. The summed E-state index contributed by atoms with van der Waals surface area (Å²) >= 11 is 4.80. The van der Waals surface area contributed by atoms with Gasteiger partial charge in [-0.2, -0.15) is 4.98 Å². The highest BCUT2D eigenvalue weighted by Crippen LogP contribution is 2.37. The van der Waals surface area contributed by atoms with Gasteiger partial charge in [-0.15, -0.1) is 5.10 Å². The van der Waals surface area contributed by atoms with Gasteiger partial charge in [-0.3, -0.25) is 4.79 Å². The Morgan fingerprint density at radius 1 is 1.31 bits per heavy atom. The number of benzene rings is 2. The average Bonchev–Trinajstić information content (AvgIpc) is 3.08. The van der Waals surface area contributed by atoms with Crippen molar-refractivity contribution in [3.05, 3.63) is 81.2 Å². The number of nitrogens with one attached hydrogen (secondary N) is 1.